The van der Waals surface area contributed by atoms with E-state index in [1.54, 1.807) is 18.9 Å². The molecule has 1 aliphatic heterocycles. The fourth-order valence-electron chi connectivity index (χ4n) is 2.58. The molecule has 4 nitrogen and oxygen atoms in total. The van der Waals surface area contributed by atoms with Crippen molar-refractivity contribution in [1.82, 2.24) is 9.97 Å². The van der Waals surface area contributed by atoms with Gasteiger partial charge in [-0.25, -0.2) is 9.97 Å². The van der Waals surface area contributed by atoms with Crippen LogP contribution in [0.15, 0.2) is 29.3 Å². The molecule has 0 N–H and O–H groups in total. The van der Waals surface area contributed by atoms with Gasteiger partial charge in [0.15, 0.2) is 5.82 Å². The maximum atomic E-state index is 5.90. The number of nitrogens with zero attached hydrogens (tertiary/aromatic N) is 2. The number of fused-ring (bicyclic) bond motifs is 1. The van der Waals surface area contributed by atoms with E-state index in [-0.39, 0.29) is 5.60 Å². The molecule has 0 atom stereocenters. The Morgan fingerprint density at radius 1 is 1.27 bits per heavy atom. The van der Waals surface area contributed by atoms with Gasteiger partial charge in [-0.05, 0) is 32.2 Å². The van der Waals surface area contributed by atoms with Crippen molar-refractivity contribution < 1.29 is 9.47 Å². The summed E-state index contributed by atoms with van der Waals surface area (Å²) in [5, 5.41) is 0.998. The summed E-state index contributed by atoms with van der Waals surface area (Å²) in [5.74, 6) is 1.56. The Morgan fingerprint density at radius 2 is 2.09 bits per heavy atom. The van der Waals surface area contributed by atoms with Crippen LogP contribution in [0.5, 0.6) is 5.75 Å². The first-order chi connectivity index (χ1) is 10.5. The van der Waals surface area contributed by atoms with Crippen LogP contribution in [0.3, 0.4) is 0 Å². The van der Waals surface area contributed by atoms with Crippen molar-refractivity contribution in [2.45, 2.75) is 37.5 Å². The standard InChI is InChI=1S/C17H20N2O2S/c1-17(2)9-14-13(10-21-17)16(22-4)19-15(18-14)11-6-5-7-12(8-11)20-3/h5-8H,9-10H2,1-4H3. The molecule has 1 aromatic carbocycles. The summed E-state index contributed by atoms with van der Waals surface area (Å²) < 4.78 is 11.2. The first-order valence-corrected chi connectivity index (χ1v) is 8.47. The van der Waals surface area contributed by atoms with Crippen LogP contribution in [-0.4, -0.2) is 28.9 Å². The summed E-state index contributed by atoms with van der Waals surface area (Å²) in [6, 6.07) is 7.87. The second kappa shape index (κ2) is 5.89. The number of hydrogen-bond donors (Lipinski definition) is 0. The maximum absolute atomic E-state index is 5.90. The highest BCUT2D eigenvalue weighted by Crippen LogP contribution is 2.33. The van der Waals surface area contributed by atoms with Gasteiger partial charge in [0.25, 0.3) is 0 Å². The van der Waals surface area contributed by atoms with Crippen LogP contribution in [0, 0.1) is 0 Å². The Morgan fingerprint density at radius 3 is 2.82 bits per heavy atom. The van der Waals surface area contributed by atoms with E-state index >= 15 is 0 Å². The van der Waals surface area contributed by atoms with Crippen molar-refractivity contribution in [3.8, 4) is 17.1 Å². The average molecular weight is 316 g/mol. The van der Waals surface area contributed by atoms with Crippen molar-refractivity contribution in [1.29, 1.82) is 0 Å². The van der Waals surface area contributed by atoms with Crippen LogP contribution in [0.25, 0.3) is 11.4 Å². The zero-order valence-corrected chi connectivity index (χ0v) is 14.2. The van der Waals surface area contributed by atoms with Gasteiger partial charge in [0.2, 0.25) is 0 Å². The van der Waals surface area contributed by atoms with Crippen LogP contribution in [0.1, 0.15) is 25.1 Å². The second-order valence-electron chi connectivity index (χ2n) is 5.94. The highest BCUT2D eigenvalue weighted by atomic mass is 32.2. The summed E-state index contributed by atoms with van der Waals surface area (Å²) in [6.07, 6.45) is 2.84. The molecule has 0 amide bonds. The number of aromatic nitrogens is 2. The van der Waals surface area contributed by atoms with Gasteiger partial charge in [0.05, 0.1) is 25.0 Å². The van der Waals surface area contributed by atoms with E-state index in [0.29, 0.717) is 6.61 Å². The zero-order valence-electron chi connectivity index (χ0n) is 13.3. The van der Waals surface area contributed by atoms with E-state index in [9.17, 15) is 0 Å². The molecule has 3 rings (SSSR count). The number of methoxy groups -OCH3 is 1. The van der Waals surface area contributed by atoms with Crippen molar-refractivity contribution >= 4 is 11.8 Å². The lowest BCUT2D eigenvalue weighted by Gasteiger charge is -2.31. The van der Waals surface area contributed by atoms with E-state index in [1.807, 2.05) is 30.5 Å². The monoisotopic (exact) mass is 316 g/mol. The minimum absolute atomic E-state index is 0.178. The van der Waals surface area contributed by atoms with Crippen LogP contribution < -0.4 is 4.74 Å². The lowest BCUT2D eigenvalue weighted by atomic mass is 9.96. The predicted octanol–water partition coefficient (Wildman–Crippen LogP) is 3.73. The minimum atomic E-state index is -0.178. The largest absolute Gasteiger partial charge is 0.497 e. The Balaban J connectivity index is 2.09. The molecule has 0 aliphatic carbocycles. The van der Waals surface area contributed by atoms with Crippen LogP contribution >= 0.6 is 11.8 Å². The molecular formula is C17H20N2O2S. The topological polar surface area (TPSA) is 44.2 Å². The van der Waals surface area contributed by atoms with Gasteiger partial charge in [-0.2, -0.15) is 0 Å². The van der Waals surface area contributed by atoms with Crippen LogP contribution in [0.2, 0.25) is 0 Å². The third-order valence-electron chi connectivity index (χ3n) is 3.78. The molecule has 0 fully saturated rings. The number of hydrogen-bond acceptors (Lipinski definition) is 5. The predicted molar refractivity (Wildman–Crippen MR) is 88.4 cm³/mol. The van der Waals surface area contributed by atoms with Crippen molar-refractivity contribution in [2.24, 2.45) is 0 Å². The molecule has 5 heteroatoms. The van der Waals surface area contributed by atoms with E-state index in [1.165, 1.54) is 0 Å². The molecule has 2 heterocycles. The molecule has 0 saturated carbocycles. The van der Waals surface area contributed by atoms with Gasteiger partial charge < -0.3 is 9.47 Å². The van der Waals surface area contributed by atoms with Gasteiger partial charge in [-0.3, -0.25) is 0 Å². The maximum Gasteiger partial charge on any atom is 0.160 e. The summed E-state index contributed by atoms with van der Waals surface area (Å²) in [7, 11) is 1.67. The Kier molecular flexibility index (Phi) is 4.10. The van der Waals surface area contributed by atoms with Crippen molar-refractivity contribution in [2.75, 3.05) is 13.4 Å². The molecule has 0 saturated heterocycles. The quantitative estimate of drug-likeness (QED) is 0.638. The van der Waals surface area contributed by atoms with E-state index in [0.717, 1.165) is 39.8 Å². The Bertz CT molecular complexity index is 701. The molecular weight excluding hydrogens is 296 g/mol. The highest BCUT2D eigenvalue weighted by molar-refractivity contribution is 7.98. The van der Waals surface area contributed by atoms with Gasteiger partial charge in [0.1, 0.15) is 10.8 Å². The van der Waals surface area contributed by atoms with E-state index in [2.05, 4.69) is 13.8 Å². The number of ether oxygens (including phenoxy) is 2. The average Bonchev–Trinajstić information content (AvgIpc) is 2.52. The summed E-state index contributed by atoms with van der Waals surface area (Å²) in [6.45, 7) is 4.78. The SMILES string of the molecule is COc1cccc(-c2nc3c(c(SC)n2)COC(C)(C)C3)c1. The van der Waals surface area contributed by atoms with Crippen molar-refractivity contribution in [3.63, 3.8) is 0 Å². The summed E-state index contributed by atoms with van der Waals surface area (Å²) in [5.41, 5.74) is 3.01. The molecule has 0 spiro atoms. The third-order valence-corrected chi connectivity index (χ3v) is 4.50. The Labute approximate surface area is 135 Å². The smallest absolute Gasteiger partial charge is 0.160 e. The molecule has 116 valence electrons. The molecule has 1 aliphatic rings. The van der Waals surface area contributed by atoms with Gasteiger partial charge in [-0.1, -0.05) is 12.1 Å². The van der Waals surface area contributed by atoms with Crippen LogP contribution in [-0.2, 0) is 17.8 Å². The first-order valence-electron chi connectivity index (χ1n) is 7.24. The van der Waals surface area contributed by atoms with Gasteiger partial charge >= 0.3 is 0 Å². The molecule has 0 radical (unpaired) electrons. The Hall–Kier alpha value is -1.59. The molecule has 2 aromatic rings. The number of benzene rings is 1. The van der Waals surface area contributed by atoms with Crippen molar-refractivity contribution in [3.05, 3.63) is 35.5 Å². The minimum Gasteiger partial charge on any atom is -0.497 e. The number of rotatable bonds is 3. The fraction of sp³-hybridized carbons (Fsp3) is 0.412. The lowest BCUT2D eigenvalue weighted by molar-refractivity contribution is -0.0428. The number of thioether (sulfide) groups is 1. The lowest BCUT2D eigenvalue weighted by Crippen LogP contribution is -2.33. The van der Waals surface area contributed by atoms with Gasteiger partial charge in [-0.15, -0.1) is 11.8 Å². The fourth-order valence-corrected chi connectivity index (χ4v) is 3.18. The highest BCUT2D eigenvalue weighted by Gasteiger charge is 2.29. The molecule has 1 aromatic heterocycles. The third kappa shape index (κ3) is 2.96. The van der Waals surface area contributed by atoms with Gasteiger partial charge in [0, 0.05) is 17.5 Å². The summed E-state index contributed by atoms with van der Waals surface area (Å²) >= 11 is 1.64. The molecule has 0 bridgehead atoms. The normalized spacial score (nSPS) is 16.2. The van der Waals surface area contributed by atoms with Crippen LogP contribution in [0.4, 0.5) is 0 Å². The zero-order chi connectivity index (χ0) is 15.7. The van der Waals surface area contributed by atoms with E-state index < -0.39 is 0 Å². The first kappa shape index (κ1) is 15.3. The van der Waals surface area contributed by atoms with E-state index in [4.69, 9.17) is 19.4 Å². The molecule has 0 unspecified atom stereocenters. The second-order valence-corrected chi connectivity index (χ2v) is 6.73. The molecule has 22 heavy (non-hydrogen) atoms. The summed E-state index contributed by atoms with van der Waals surface area (Å²) in [4.78, 5) is 9.52.